The number of hydrogen-bond acceptors (Lipinski definition) is 15. The number of hydrogen-bond donors (Lipinski definition) is 9. The Hall–Kier alpha value is -1.61. The minimum absolute atomic E-state index is 0.210. The average molecular weight is 567 g/mol. The zero-order valence-corrected chi connectivity index (χ0v) is 19.7. The van der Waals surface area contributed by atoms with Gasteiger partial charge in [-0.1, -0.05) is 0 Å². The van der Waals surface area contributed by atoms with Gasteiger partial charge in [0.1, 0.15) is 36.6 Å². The van der Waals surface area contributed by atoms with E-state index < -0.39 is 94.6 Å². The molecule has 0 aromatic carbocycles. The van der Waals surface area contributed by atoms with Gasteiger partial charge in [0.2, 0.25) is 0 Å². The lowest BCUT2D eigenvalue weighted by Gasteiger charge is -2.38. The van der Waals surface area contributed by atoms with E-state index in [0.29, 0.717) is 0 Å². The first kappa shape index (κ1) is 29.0. The second-order valence-corrected chi connectivity index (χ2v) is 10.7. The summed E-state index contributed by atoms with van der Waals surface area (Å²) in [5, 5.41) is 49.3. The predicted molar refractivity (Wildman–Crippen MR) is 108 cm³/mol. The molecule has 9 N–H and O–H groups in total. The lowest BCUT2D eigenvalue weighted by Crippen LogP contribution is -2.57. The molecule has 0 amide bonds. The summed E-state index contributed by atoms with van der Waals surface area (Å²) in [6, 6.07) is 0. The highest BCUT2D eigenvalue weighted by Crippen LogP contribution is 2.61. The van der Waals surface area contributed by atoms with Gasteiger partial charge >= 0.3 is 32.7 Å². The van der Waals surface area contributed by atoms with Gasteiger partial charge in [-0.05, 0) is 6.92 Å². The maximum absolute atomic E-state index is 12.1. The highest BCUT2D eigenvalue weighted by molar-refractivity contribution is 7.61. The summed E-state index contributed by atoms with van der Waals surface area (Å²) in [4.78, 5) is 57.8. The molecule has 2 aliphatic rings. The highest BCUT2D eigenvalue weighted by atomic mass is 31.3. The van der Waals surface area contributed by atoms with Crippen molar-refractivity contribution < 1.29 is 67.3 Å². The molecule has 2 fully saturated rings. The minimum atomic E-state index is -5.55. The first-order valence-corrected chi connectivity index (χ1v) is 12.9. The van der Waals surface area contributed by atoms with E-state index in [-0.39, 0.29) is 4.57 Å². The van der Waals surface area contributed by atoms with Crippen LogP contribution in [0.5, 0.6) is 0 Å². The second kappa shape index (κ2) is 10.6. The molecule has 3 rings (SSSR count). The van der Waals surface area contributed by atoms with E-state index in [4.69, 9.17) is 9.47 Å². The third-order valence-electron chi connectivity index (χ3n) is 5.12. The highest BCUT2D eigenvalue weighted by Gasteiger charge is 2.49. The number of H-pyrrole nitrogens is 2. The lowest BCUT2D eigenvalue weighted by atomic mass is 10.0. The Morgan fingerprint density at radius 3 is 2.03 bits per heavy atom. The number of rotatable bonds is 8. The summed E-state index contributed by atoms with van der Waals surface area (Å²) in [5.41, 5.74) is -3.78. The SMILES string of the molecule is C[C@@H]1O[C@H](OP(=O)(O)OP(=O)(O)OC[C@H]2O[C@@H](n3c(=O)[nH]c(=O)[nH]c3=O)[C@H](O)[C@@H]2O)[C@@H](O)[C@H](O)[C@@H]1O. The Balaban J connectivity index is 1.64. The van der Waals surface area contributed by atoms with Crippen LogP contribution >= 0.6 is 15.6 Å². The fraction of sp³-hybridized carbons (Fsp3) is 0.786. The smallest absolute Gasteiger partial charge is 0.388 e. The number of ether oxygens (including phenoxy) is 2. The van der Waals surface area contributed by atoms with E-state index in [9.17, 15) is 58.8 Å². The fourth-order valence-electron chi connectivity index (χ4n) is 3.32. The van der Waals surface area contributed by atoms with E-state index in [1.165, 1.54) is 6.92 Å². The van der Waals surface area contributed by atoms with Gasteiger partial charge in [-0.25, -0.2) is 28.1 Å². The Bertz CT molecular complexity index is 1180. The Morgan fingerprint density at radius 1 is 0.861 bits per heavy atom. The van der Waals surface area contributed by atoms with Crippen molar-refractivity contribution in [2.24, 2.45) is 0 Å². The van der Waals surface area contributed by atoms with Crippen molar-refractivity contribution in [3.63, 3.8) is 0 Å². The molecular weight excluding hydrogens is 544 g/mol. The van der Waals surface area contributed by atoms with E-state index >= 15 is 0 Å². The summed E-state index contributed by atoms with van der Waals surface area (Å²) in [6.45, 7) is 0.117. The number of aromatic nitrogens is 3. The molecule has 3 heterocycles. The van der Waals surface area contributed by atoms with Crippen molar-refractivity contribution in [3.05, 3.63) is 31.5 Å². The quantitative estimate of drug-likeness (QED) is 0.133. The molecule has 206 valence electrons. The van der Waals surface area contributed by atoms with Crippen molar-refractivity contribution in [2.45, 2.75) is 62.2 Å². The number of aromatic amines is 2. The van der Waals surface area contributed by atoms with Gasteiger partial charge in [-0.15, -0.1) is 0 Å². The van der Waals surface area contributed by atoms with Crippen LogP contribution < -0.4 is 17.1 Å². The van der Waals surface area contributed by atoms with Gasteiger partial charge in [-0.2, -0.15) is 4.31 Å². The summed E-state index contributed by atoms with van der Waals surface area (Å²) < 4.78 is 47.5. The van der Waals surface area contributed by atoms with Crippen molar-refractivity contribution in [2.75, 3.05) is 6.61 Å². The molecule has 0 aliphatic carbocycles. The van der Waals surface area contributed by atoms with Gasteiger partial charge in [0, 0.05) is 0 Å². The predicted octanol–water partition coefficient (Wildman–Crippen LogP) is -5.08. The molecule has 2 saturated heterocycles. The van der Waals surface area contributed by atoms with Crippen LogP contribution in [0.25, 0.3) is 0 Å². The third-order valence-corrected chi connectivity index (χ3v) is 7.72. The van der Waals surface area contributed by atoms with Crippen molar-refractivity contribution in [1.29, 1.82) is 0 Å². The molecule has 2 aliphatic heterocycles. The summed E-state index contributed by atoms with van der Waals surface area (Å²) in [7, 11) is -11.1. The standard InChI is InChI=1S/C14H23N3O17P2/c1-3-5(18)7(20)9(22)11(31-3)33-36(28,29)34-35(26,27)30-2-4-6(19)8(21)10(32-4)17-13(24)15-12(23)16-14(17)25/h3-11,18-22H,2H2,1H3,(H,26,27)(H,28,29)(H2,15,16,23,24,25)/t3-,4+,5+,6+,7+,8+,9-,10+,11+/m0/s1. The molecule has 0 radical (unpaired) electrons. The second-order valence-electron chi connectivity index (χ2n) is 7.71. The molecule has 22 heteroatoms. The topological polar surface area (TPSA) is 310 Å². The van der Waals surface area contributed by atoms with Crippen LogP contribution in [-0.2, 0) is 32.0 Å². The van der Waals surface area contributed by atoms with E-state index in [2.05, 4.69) is 13.4 Å². The molecule has 1 aromatic heterocycles. The Labute approximate surface area is 198 Å². The Kier molecular flexibility index (Phi) is 8.55. The molecular formula is C14H23N3O17P2. The monoisotopic (exact) mass is 567 g/mol. The molecule has 2 unspecified atom stereocenters. The van der Waals surface area contributed by atoms with Crippen LogP contribution in [0.3, 0.4) is 0 Å². The summed E-state index contributed by atoms with van der Waals surface area (Å²) >= 11 is 0. The van der Waals surface area contributed by atoms with Crippen LogP contribution in [0.15, 0.2) is 14.4 Å². The fourth-order valence-corrected chi connectivity index (χ4v) is 5.48. The first-order valence-electron chi connectivity index (χ1n) is 9.89. The van der Waals surface area contributed by atoms with Crippen LogP contribution in [0.1, 0.15) is 13.2 Å². The van der Waals surface area contributed by atoms with Gasteiger partial charge in [-0.3, -0.25) is 19.0 Å². The van der Waals surface area contributed by atoms with E-state index in [1.807, 2.05) is 0 Å². The summed E-state index contributed by atoms with van der Waals surface area (Å²) in [6.07, 6.45) is -16.2. The zero-order valence-electron chi connectivity index (χ0n) is 18.0. The van der Waals surface area contributed by atoms with E-state index in [1.54, 1.807) is 9.97 Å². The molecule has 20 nitrogen and oxygen atoms in total. The van der Waals surface area contributed by atoms with Gasteiger partial charge < -0.3 is 44.8 Å². The lowest BCUT2D eigenvalue weighted by molar-refractivity contribution is -0.271. The number of phosphoric ester groups is 2. The molecule has 11 atom stereocenters. The molecule has 0 bridgehead atoms. The maximum atomic E-state index is 12.1. The molecule has 0 saturated carbocycles. The summed E-state index contributed by atoms with van der Waals surface area (Å²) in [5.74, 6) is 0. The first-order chi connectivity index (χ1) is 16.5. The number of aliphatic hydroxyl groups is 5. The Morgan fingerprint density at radius 2 is 1.44 bits per heavy atom. The minimum Gasteiger partial charge on any atom is -0.388 e. The molecule has 36 heavy (non-hydrogen) atoms. The number of nitrogens with zero attached hydrogens (tertiary/aromatic N) is 1. The maximum Gasteiger partial charge on any atom is 0.483 e. The normalized spacial score (nSPS) is 38.4. The van der Waals surface area contributed by atoms with Crippen LogP contribution in [0, 0.1) is 0 Å². The van der Waals surface area contributed by atoms with Crippen molar-refractivity contribution in [3.8, 4) is 0 Å². The van der Waals surface area contributed by atoms with Crippen LogP contribution in [0.4, 0.5) is 0 Å². The largest absolute Gasteiger partial charge is 0.483 e. The number of phosphoric acid groups is 2. The van der Waals surface area contributed by atoms with Crippen molar-refractivity contribution in [1.82, 2.24) is 14.5 Å². The van der Waals surface area contributed by atoms with E-state index in [0.717, 1.165) is 0 Å². The third kappa shape index (κ3) is 6.26. The zero-order chi connectivity index (χ0) is 27.2. The van der Waals surface area contributed by atoms with Gasteiger partial charge in [0.15, 0.2) is 12.5 Å². The van der Waals surface area contributed by atoms with Crippen molar-refractivity contribution >= 4 is 15.6 Å². The van der Waals surface area contributed by atoms with Crippen LogP contribution in [-0.4, -0.2) is 105 Å². The number of nitrogens with one attached hydrogen (secondary N) is 2. The van der Waals surface area contributed by atoms with Gasteiger partial charge in [0.05, 0.1) is 12.7 Å². The van der Waals surface area contributed by atoms with Crippen LogP contribution in [0.2, 0.25) is 0 Å². The molecule has 0 spiro atoms. The number of aliphatic hydroxyl groups excluding tert-OH is 5. The molecule has 1 aromatic rings. The average Bonchev–Trinajstić information content (AvgIpc) is 3.01. The van der Waals surface area contributed by atoms with Gasteiger partial charge in [0.25, 0.3) is 0 Å².